The van der Waals surface area contributed by atoms with E-state index >= 15 is 0 Å². The fourth-order valence-corrected chi connectivity index (χ4v) is 3.11. The zero-order chi connectivity index (χ0) is 13.3. The lowest BCUT2D eigenvalue weighted by Crippen LogP contribution is -2.45. The van der Waals surface area contributed by atoms with Crippen LogP contribution in [0.2, 0.25) is 0 Å². The number of carbonyl (C=O) groups is 2. The molecule has 0 spiro atoms. The van der Waals surface area contributed by atoms with Crippen LogP contribution in [-0.2, 0) is 14.3 Å². The third-order valence-electron chi connectivity index (χ3n) is 4.44. The van der Waals surface area contributed by atoms with Crippen LogP contribution in [0.4, 0.5) is 0 Å². The summed E-state index contributed by atoms with van der Waals surface area (Å²) in [5, 5.41) is 0. The number of ether oxygens (including phenoxy) is 1. The minimum absolute atomic E-state index is 0.0276. The van der Waals surface area contributed by atoms with Gasteiger partial charge in [0.05, 0.1) is 0 Å². The number of thiol groups is 1. The van der Waals surface area contributed by atoms with Gasteiger partial charge in [0.15, 0.2) is 0 Å². The molecule has 2 heterocycles. The fraction of sp³-hybridized carbons (Fsp3) is 0.846. The smallest absolute Gasteiger partial charge is 0.232 e. The van der Waals surface area contributed by atoms with E-state index in [4.69, 9.17) is 4.74 Å². The molecule has 0 aromatic carbocycles. The van der Waals surface area contributed by atoms with Crippen molar-refractivity contribution in [3.05, 3.63) is 0 Å². The Hall–Kier alpha value is -0.550. The highest BCUT2D eigenvalue weighted by molar-refractivity contribution is 7.80. The van der Waals surface area contributed by atoms with E-state index in [9.17, 15) is 9.59 Å². The lowest BCUT2D eigenvalue weighted by Gasteiger charge is -2.38. The van der Waals surface area contributed by atoms with Crippen molar-refractivity contribution < 1.29 is 14.3 Å². The van der Waals surface area contributed by atoms with Crippen LogP contribution in [0.3, 0.4) is 0 Å². The number of hydrogen-bond donors (Lipinski definition) is 1. The molecule has 2 aliphatic heterocycles. The lowest BCUT2D eigenvalue weighted by molar-refractivity contribution is -0.142. The van der Waals surface area contributed by atoms with E-state index in [0.717, 1.165) is 12.8 Å². The second kappa shape index (κ2) is 5.21. The van der Waals surface area contributed by atoms with E-state index < -0.39 is 0 Å². The van der Waals surface area contributed by atoms with Crippen molar-refractivity contribution in [2.75, 3.05) is 25.5 Å². The van der Waals surface area contributed by atoms with Crippen molar-refractivity contribution >= 4 is 24.4 Å². The molecule has 18 heavy (non-hydrogen) atoms. The Kier molecular flexibility index (Phi) is 4.02. The third kappa shape index (κ3) is 2.30. The molecular weight excluding hydrogens is 250 g/mol. The summed E-state index contributed by atoms with van der Waals surface area (Å²) in [5.74, 6) is 0.264. The second-order valence-electron chi connectivity index (χ2n) is 5.61. The maximum atomic E-state index is 12.1. The molecule has 2 aliphatic rings. The molecular formula is C13H21NO3S. The Labute approximate surface area is 113 Å². The molecule has 0 saturated carbocycles. The molecule has 0 radical (unpaired) electrons. The predicted octanol–water partition coefficient (Wildman–Crippen LogP) is 1.35. The number of carbonyl (C=O) groups excluding carboxylic acids is 2. The maximum Gasteiger partial charge on any atom is 0.232 e. The van der Waals surface area contributed by atoms with E-state index in [0.29, 0.717) is 25.5 Å². The van der Waals surface area contributed by atoms with Gasteiger partial charge in [0.1, 0.15) is 0 Å². The first-order valence-electron chi connectivity index (χ1n) is 6.54. The van der Waals surface area contributed by atoms with Gasteiger partial charge in [0, 0.05) is 37.0 Å². The zero-order valence-electron chi connectivity index (χ0n) is 11.0. The zero-order valence-corrected chi connectivity index (χ0v) is 11.9. The highest BCUT2D eigenvalue weighted by Gasteiger charge is 2.46. The molecule has 0 aromatic rings. The largest absolute Gasteiger partial charge is 0.381 e. The Morgan fingerprint density at radius 3 is 2.17 bits per heavy atom. The fourth-order valence-electron chi connectivity index (χ4n) is 2.69. The molecule has 0 aliphatic carbocycles. The van der Waals surface area contributed by atoms with Crippen LogP contribution < -0.4 is 0 Å². The second-order valence-corrected chi connectivity index (χ2v) is 5.93. The highest BCUT2D eigenvalue weighted by Crippen LogP contribution is 2.36. The first-order valence-corrected chi connectivity index (χ1v) is 7.18. The number of nitrogens with zero attached hydrogens (tertiary/aromatic N) is 1. The average Bonchev–Trinajstić information content (AvgIpc) is 2.58. The van der Waals surface area contributed by atoms with Gasteiger partial charge in [-0.2, -0.15) is 12.6 Å². The summed E-state index contributed by atoms with van der Waals surface area (Å²) in [6.45, 7) is 5.57. The Balaban J connectivity index is 2.12. The van der Waals surface area contributed by atoms with Gasteiger partial charge >= 0.3 is 0 Å². The van der Waals surface area contributed by atoms with E-state index in [-0.39, 0.29) is 29.1 Å². The summed E-state index contributed by atoms with van der Waals surface area (Å²) >= 11 is 4.42. The first-order chi connectivity index (χ1) is 8.51. The van der Waals surface area contributed by atoms with Gasteiger partial charge in [0.25, 0.3) is 0 Å². The van der Waals surface area contributed by atoms with Gasteiger partial charge in [0.2, 0.25) is 11.8 Å². The summed E-state index contributed by atoms with van der Waals surface area (Å²) in [4.78, 5) is 25.7. The molecule has 2 atom stereocenters. The molecule has 4 nitrogen and oxygen atoms in total. The van der Waals surface area contributed by atoms with E-state index in [1.54, 1.807) is 0 Å². The molecule has 0 bridgehead atoms. The standard InChI is InChI=1S/C13H21NO3S/c1-9-10(2)12(16)14(11(9)15)7-13(8-18)3-5-17-6-4-13/h9-10,18H,3-8H2,1-2H3. The van der Waals surface area contributed by atoms with Crippen molar-refractivity contribution in [1.82, 2.24) is 4.90 Å². The van der Waals surface area contributed by atoms with Crippen LogP contribution in [0, 0.1) is 17.3 Å². The third-order valence-corrected chi connectivity index (χ3v) is 5.11. The van der Waals surface area contributed by atoms with Crippen LogP contribution in [0.1, 0.15) is 26.7 Å². The monoisotopic (exact) mass is 271 g/mol. The summed E-state index contributed by atoms with van der Waals surface area (Å²) in [6, 6.07) is 0. The number of imide groups is 1. The quantitative estimate of drug-likeness (QED) is 0.622. The molecule has 2 rings (SSSR count). The van der Waals surface area contributed by atoms with Crippen molar-refractivity contribution in [3.63, 3.8) is 0 Å². The van der Waals surface area contributed by atoms with Crippen molar-refractivity contribution in [2.24, 2.45) is 17.3 Å². The highest BCUT2D eigenvalue weighted by atomic mass is 32.1. The van der Waals surface area contributed by atoms with Crippen LogP contribution in [0.15, 0.2) is 0 Å². The minimum Gasteiger partial charge on any atom is -0.381 e. The molecule has 0 N–H and O–H groups in total. The molecule has 5 heteroatoms. The predicted molar refractivity (Wildman–Crippen MR) is 71.4 cm³/mol. The maximum absolute atomic E-state index is 12.1. The van der Waals surface area contributed by atoms with Crippen LogP contribution in [-0.4, -0.2) is 42.2 Å². The SMILES string of the molecule is CC1C(=O)N(CC2(CS)CCOCC2)C(=O)C1C. The number of hydrogen-bond acceptors (Lipinski definition) is 4. The Morgan fingerprint density at radius 1 is 1.22 bits per heavy atom. The van der Waals surface area contributed by atoms with Crippen molar-refractivity contribution in [1.29, 1.82) is 0 Å². The lowest BCUT2D eigenvalue weighted by atomic mass is 9.81. The van der Waals surface area contributed by atoms with Crippen LogP contribution in [0.25, 0.3) is 0 Å². The van der Waals surface area contributed by atoms with Gasteiger partial charge < -0.3 is 4.74 Å². The van der Waals surface area contributed by atoms with Gasteiger partial charge in [-0.1, -0.05) is 13.8 Å². The molecule has 102 valence electrons. The summed E-state index contributed by atoms with van der Waals surface area (Å²) in [7, 11) is 0. The van der Waals surface area contributed by atoms with Crippen molar-refractivity contribution in [3.8, 4) is 0 Å². The van der Waals surface area contributed by atoms with Crippen LogP contribution in [0.5, 0.6) is 0 Å². The van der Waals surface area contributed by atoms with Crippen molar-refractivity contribution in [2.45, 2.75) is 26.7 Å². The van der Waals surface area contributed by atoms with Gasteiger partial charge in [-0.25, -0.2) is 0 Å². The minimum atomic E-state index is -0.186. The molecule has 2 amide bonds. The summed E-state index contributed by atoms with van der Waals surface area (Å²) in [6.07, 6.45) is 1.74. The Bertz CT molecular complexity index is 332. The number of amides is 2. The molecule has 2 saturated heterocycles. The van der Waals surface area contributed by atoms with E-state index in [1.165, 1.54) is 4.90 Å². The average molecular weight is 271 g/mol. The normalized spacial score (nSPS) is 32.1. The van der Waals surface area contributed by atoms with E-state index in [2.05, 4.69) is 12.6 Å². The van der Waals surface area contributed by atoms with Gasteiger partial charge in [-0.15, -0.1) is 0 Å². The number of likely N-dealkylation sites (tertiary alicyclic amines) is 1. The summed E-state index contributed by atoms with van der Waals surface area (Å²) < 4.78 is 5.36. The van der Waals surface area contributed by atoms with Gasteiger partial charge in [-0.05, 0) is 18.6 Å². The molecule has 0 aromatic heterocycles. The number of rotatable bonds is 3. The van der Waals surface area contributed by atoms with Crippen LogP contribution >= 0.6 is 12.6 Å². The van der Waals surface area contributed by atoms with E-state index in [1.807, 2.05) is 13.8 Å². The van der Waals surface area contributed by atoms with Gasteiger partial charge in [-0.3, -0.25) is 14.5 Å². The first kappa shape index (κ1) is 13.9. The topological polar surface area (TPSA) is 46.6 Å². The Morgan fingerprint density at radius 2 is 1.72 bits per heavy atom. The summed E-state index contributed by atoms with van der Waals surface area (Å²) in [5.41, 5.74) is -0.0591. The molecule has 2 unspecified atom stereocenters. The molecule has 2 fully saturated rings.